The fourth-order valence-electron chi connectivity index (χ4n) is 0.728. The predicted octanol–water partition coefficient (Wildman–Crippen LogP) is 2.83. The molecule has 0 aliphatic rings. The minimum Gasteiger partial charge on any atom is -0.309 e. The summed E-state index contributed by atoms with van der Waals surface area (Å²) in [7, 11) is -2.85. The van der Waals surface area contributed by atoms with Gasteiger partial charge in [0.1, 0.15) is 0 Å². The van der Waals surface area contributed by atoms with Gasteiger partial charge in [0, 0.05) is 0 Å². The average Bonchev–Trinajstić information content (AvgIpc) is 2.02. The lowest BCUT2D eigenvalue weighted by molar-refractivity contribution is 0.214. The van der Waals surface area contributed by atoms with Gasteiger partial charge < -0.3 is 9.05 Å². The molecule has 0 heterocycles. The quantitative estimate of drug-likeness (QED) is 0.459. The molecule has 0 fully saturated rings. The summed E-state index contributed by atoms with van der Waals surface area (Å²) in [6.45, 7) is 8.15. The zero-order valence-corrected chi connectivity index (χ0v) is 8.68. The Morgan fingerprint density at radius 2 is 2.08 bits per heavy atom. The number of hydrogen-bond donors (Lipinski definition) is 0. The predicted molar refractivity (Wildman–Crippen MR) is 50.5 cm³/mol. The van der Waals surface area contributed by atoms with Crippen LogP contribution in [-0.4, -0.2) is 19.4 Å². The van der Waals surface area contributed by atoms with Crippen molar-refractivity contribution >= 4 is 7.60 Å². The highest BCUT2D eigenvalue weighted by Crippen LogP contribution is 2.47. The molecule has 0 N–H and O–H groups in total. The largest absolute Gasteiger partial charge is 0.334 e. The first-order valence-corrected chi connectivity index (χ1v) is 5.90. The molecule has 3 nitrogen and oxygen atoms in total. The molecule has 0 amide bonds. The monoisotopic (exact) mass is 192 g/mol. The summed E-state index contributed by atoms with van der Waals surface area (Å²) in [6.07, 6.45) is 2.70. The van der Waals surface area contributed by atoms with Crippen molar-refractivity contribution in [3.05, 3.63) is 12.7 Å². The molecule has 0 saturated carbocycles. The zero-order chi connectivity index (χ0) is 9.45. The summed E-state index contributed by atoms with van der Waals surface area (Å²) in [5, 5.41) is 0. The third-order valence-corrected chi connectivity index (χ3v) is 3.10. The Morgan fingerprint density at radius 3 is 2.50 bits per heavy atom. The third-order valence-electron chi connectivity index (χ3n) is 1.17. The van der Waals surface area contributed by atoms with E-state index in [2.05, 4.69) is 6.58 Å². The van der Waals surface area contributed by atoms with E-state index in [4.69, 9.17) is 9.05 Å². The second kappa shape index (κ2) is 6.41. The van der Waals surface area contributed by atoms with Crippen molar-refractivity contribution in [3.8, 4) is 0 Å². The van der Waals surface area contributed by atoms with E-state index in [9.17, 15) is 4.57 Å². The molecule has 0 aliphatic carbocycles. The summed E-state index contributed by atoms with van der Waals surface area (Å²) in [5.41, 5.74) is 0. The van der Waals surface area contributed by atoms with Gasteiger partial charge in [-0.3, -0.25) is 4.57 Å². The molecule has 0 aromatic carbocycles. The van der Waals surface area contributed by atoms with Gasteiger partial charge in [0.2, 0.25) is 0 Å². The van der Waals surface area contributed by atoms with Crippen LogP contribution in [0.2, 0.25) is 0 Å². The van der Waals surface area contributed by atoms with Crippen molar-refractivity contribution in [1.82, 2.24) is 0 Å². The maximum Gasteiger partial charge on any atom is 0.334 e. The fourth-order valence-corrected chi connectivity index (χ4v) is 2.18. The second-order valence-electron chi connectivity index (χ2n) is 2.33. The third kappa shape index (κ3) is 4.70. The van der Waals surface area contributed by atoms with E-state index >= 15 is 0 Å². The first kappa shape index (κ1) is 11.9. The van der Waals surface area contributed by atoms with Gasteiger partial charge >= 0.3 is 7.60 Å². The van der Waals surface area contributed by atoms with Gasteiger partial charge in [-0.05, 0) is 13.3 Å². The van der Waals surface area contributed by atoms with E-state index in [1.165, 1.54) is 0 Å². The summed E-state index contributed by atoms with van der Waals surface area (Å²) in [6, 6.07) is 0. The van der Waals surface area contributed by atoms with E-state index in [0.29, 0.717) is 19.4 Å². The van der Waals surface area contributed by atoms with Crippen LogP contribution < -0.4 is 0 Å². The van der Waals surface area contributed by atoms with Crippen LogP contribution in [-0.2, 0) is 13.6 Å². The number of allylic oxidation sites excluding steroid dienone is 1. The molecule has 72 valence electrons. The van der Waals surface area contributed by atoms with Crippen LogP contribution in [0.25, 0.3) is 0 Å². The number of rotatable bonds is 7. The first-order chi connectivity index (χ1) is 5.68. The van der Waals surface area contributed by atoms with Gasteiger partial charge in [-0.1, -0.05) is 13.0 Å². The minimum absolute atomic E-state index is 0.292. The van der Waals surface area contributed by atoms with Crippen molar-refractivity contribution in [2.75, 3.05) is 19.4 Å². The van der Waals surface area contributed by atoms with E-state index in [1.807, 2.05) is 6.92 Å². The lowest BCUT2D eigenvalue weighted by atomic mass is 10.5. The van der Waals surface area contributed by atoms with Gasteiger partial charge in [0.05, 0.1) is 19.4 Å². The van der Waals surface area contributed by atoms with E-state index < -0.39 is 7.60 Å². The Kier molecular flexibility index (Phi) is 6.35. The van der Waals surface area contributed by atoms with Crippen molar-refractivity contribution in [3.63, 3.8) is 0 Å². The summed E-state index contributed by atoms with van der Waals surface area (Å²) < 4.78 is 21.8. The van der Waals surface area contributed by atoms with Crippen molar-refractivity contribution in [1.29, 1.82) is 0 Å². The summed E-state index contributed by atoms with van der Waals surface area (Å²) >= 11 is 0. The lowest BCUT2D eigenvalue weighted by Crippen LogP contribution is -1.99. The molecule has 12 heavy (non-hydrogen) atoms. The highest BCUT2D eigenvalue weighted by molar-refractivity contribution is 7.54. The minimum atomic E-state index is -2.85. The van der Waals surface area contributed by atoms with Crippen molar-refractivity contribution in [2.45, 2.75) is 20.3 Å². The second-order valence-corrected chi connectivity index (χ2v) is 4.44. The zero-order valence-electron chi connectivity index (χ0n) is 7.78. The van der Waals surface area contributed by atoms with Crippen LogP contribution in [0, 0.1) is 0 Å². The Morgan fingerprint density at radius 1 is 1.42 bits per heavy atom. The molecule has 0 aromatic rings. The molecule has 0 aromatic heterocycles. The van der Waals surface area contributed by atoms with Crippen LogP contribution in [0.4, 0.5) is 0 Å². The van der Waals surface area contributed by atoms with Crippen LogP contribution in [0.5, 0.6) is 0 Å². The SMILES string of the molecule is C=CCP(=O)(OCC)OCCC. The van der Waals surface area contributed by atoms with Gasteiger partial charge in [-0.25, -0.2) is 0 Å². The normalized spacial score (nSPS) is 15.5. The van der Waals surface area contributed by atoms with E-state index in [1.54, 1.807) is 13.0 Å². The van der Waals surface area contributed by atoms with Crippen LogP contribution in [0.3, 0.4) is 0 Å². The number of hydrogen-bond acceptors (Lipinski definition) is 3. The smallest absolute Gasteiger partial charge is 0.309 e. The Hall–Kier alpha value is -0.110. The maximum atomic E-state index is 11.7. The Labute approximate surface area is 74.3 Å². The topological polar surface area (TPSA) is 35.5 Å². The Balaban J connectivity index is 3.98. The first-order valence-electron chi connectivity index (χ1n) is 4.17. The summed E-state index contributed by atoms with van der Waals surface area (Å²) in [5.74, 6) is 0. The molecule has 0 radical (unpaired) electrons. The lowest BCUT2D eigenvalue weighted by Gasteiger charge is -2.15. The van der Waals surface area contributed by atoms with Gasteiger partial charge in [-0.2, -0.15) is 0 Å². The van der Waals surface area contributed by atoms with Crippen LogP contribution in [0.1, 0.15) is 20.3 Å². The van der Waals surface area contributed by atoms with Gasteiger partial charge in [-0.15, -0.1) is 6.58 Å². The molecule has 0 aliphatic heterocycles. The molecule has 0 saturated heterocycles. The molecule has 0 spiro atoms. The van der Waals surface area contributed by atoms with Crippen LogP contribution in [0.15, 0.2) is 12.7 Å². The van der Waals surface area contributed by atoms with E-state index in [-0.39, 0.29) is 0 Å². The molecule has 0 bridgehead atoms. The molecular formula is C8H17O3P. The van der Waals surface area contributed by atoms with E-state index in [0.717, 1.165) is 6.42 Å². The maximum absolute atomic E-state index is 11.7. The van der Waals surface area contributed by atoms with Gasteiger partial charge in [0.15, 0.2) is 0 Å². The molecular weight excluding hydrogens is 175 g/mol. The highest BCUT2D eigenvalue weighted by atomic mass is 31.2. The van der Waals surface area contributed by atoms with Crippen LogP contribution >= 0.6 is 7.60 Å². The Bertz CT molecular complexity index is 168. The molecule has 1 atom stereocenters. The molecule has 0 rings (SSSR count). The average molecular weight is 192 g/mol. The van der Waals surface area contributed by atoms with Crippen molar-refractivity contribution in [2.24, 2.45) is 0 Å². The van der Waals surface area contributed by atoms with Crippen molar-refractivity contribution < 1.29 is 13.6 Å². The van der Waals surface area contributed by atoms with Gasteiger partial charge in [0.25, 0.3) is 0 Å². The fraction of sp³-hybridized carbons (Fsp3) is 0.750. The highest BCUT2D eigenvalue weighted by Gasteiger charge is 2.20. The standard InChI is InChI=1S/C8H17O3P/c1-4-7-11-12(9,8-5-2)10-6-3/h5H,2,4,6-8H2,1,3H3. The summed E-state index contributed by atoms with van der Waals surface area (Å²) in [4.78, 5) is 0. The molecule has 1 unspecified atom stereocenters. The molecule has 4 heteroatoms.